The molecule has 82 valence electrons. The van der Waals surface area contributed by atoms with Crippen molar-refractivity contribution < 1.29 is 9.21 Å². The van der Waals surface area contributed by atoms with Gasteiger partial charge in [0, 0.05) is 13.2 Å². The van der Waals surface area contributed by atoms with Gasteiger partial charge in [0.2, 0.25) is 0 Å². The first-order valence-electron chi connectivity index (χ1n) is 4.72. The quantitative estimate of drug-likeness (QED) is 0.709. The molecule has 0 aromatic carbocycles. The van der Waals surface area contributed by atoms with Gasteiger partial charge in [0.15, 0.2) is 17.0 Å². The Hall–Kier alpha value is -2.17. The van der Waals surface area contributed by atoms with Crippen LogP contribution in [-0.4, -0.2) is 15.3 Å². The summed E-state index contributed by atoms with van der Waals surface area (Å²) in [4.78, 5) is 26.0. The zero-order valence-electron chi connectivity index (χ0n) is 8.93. The summed E-state index contributed by atoms with van der Waals surface area (Å²) in [7, 11) is 1.59. The summed E-state index contributed by atoms with van der Waals surface area (Å²) < 4.78 is 6.30. The first-order chi connectivity index (χ1) is 7.58. The zero-order chi connectivity index (χ0) is 11.7. The number of aryl methyl sites for hydroxylation is 1. The van der Waals surface area contributed by atoms with Crippen LogP contribution in [0.4, 0.5) is 0 Å². The van der Waals surface area contributed by atoms with Gasteiger partial charge >= 0.3 is 5.76 Å². The van der Waals surface area contributed by atoms with Crippen molar-refractivity contribution in [3.63, 3.8) is 0 Å². The van der Waals surface area contributed by atoms with Gasteiger partial charge in [0.25, 0.3) is 0 Å². The Bertz CT molecular complexity index is 634. The molecule has 5 nitrogen and oxygen atoms in total. The van der Waals surface area contributed by atoms with Crippen LogP contribution < -0.4 is 5.76 Å². The van der Waals surface area contributed by atoms with Crippen molar-refractivity contribution >= 4 is 23.1 Å². The monoisotopic (exact) mass is 218 g/mol. The van der Waals surface area contributed by atoms with Crippen LogP contribution in [0.1, 0.15) is 12.5 Å². The SMILES string of the molecule is CC(=O)/C=C/c1cnc2c(c1)oc(=O)n2C. The van der Waals surface area contributed by atoms with Crippen LogP contribution in [0.5, 0.6) is 0 Å². The maximum Gasteiger partial charge on any atom is 0.420 e. The van der Waals surface area contributed by atoms with Crippen molar-refractivity contribution in [1.82, 2.24) is 9.55 Å². The molecule has 0 unspecified atom stereocenters. The van der Waals surface area contributed by atoms with E-state index in [0.717, 1.165) is 5.56 Å². The van der Waals surface area contributed by atoms with Gasteiger partial charge in [-0.25, -0.2) is 9.78 Å². The summed E-state index contributed by atoms with van der Waals surface area (Å²) in [6.45, 7) is 1.46. The Balaban J connectivity index is 2.53. The molecule has 2 rings (SSSR count). The molecule has 0 amide bonds. The van der Waals surface area contributed by atoms with Gasteiger partial charge in [-0.2, -0.15) is 0 Å². The molecule has 0 N–H and O–H groups in total. The van der Waals surface area contributed by atoms with Gasteiger partial charge < -0.3 is 4.42 Å². The minimum absolute atomic E-state index is 0.0467. The van der Waals surface area contributed by atoms with Crippen molar-refractivity contribution in [2.24, 2.45) is 7.05 Å². The maximum atomic E-state index is 11.2. The maximum absolute atomic E-state index is 11.2. The van der Waals surface area contributed by atoms with Gasteiger partial charge in [-0.05, 0) is 30.7 Å². The number of pyridine rings is 1. The van der Waals surface area contributed by atoms with Gasteiger partial charge in [0.1, 0.15) is 0 Å². The van der Waals surface area contributed by atoms with Crippen LogP contribution in [0.15, 0.2) is 27.6 Å². The molecule has 2 aromatic heterocycles. The molecule has 0 aliphatic rings. The highest BCUT2D eigenvalue weighted by molar-refractivity contribution is 5.91. The summed E-state index contributed by atoms with van der Waals surface area (Å²) in [6.07, 6.45) is 4.64. The van der Waals surface area contributed by atoms with E-state index in [1.54, 1.807) is 25.4 Å². The molecule has 0 aliphatic carbocycles. The molecular weight excluding hydrogens is 208 g/mol. The van der Waals surface area contributed by atoms with Crippen LogP contribution in [0.2, 0.25) is 0 Å². The minimum atomic E-state index is -0.449. The summed E-state index contributed by atoms with van der Waals surface area (Å²) in [5, 5.41) is 0. The van der Waals surface area contributed by atoms with Crippen molar-refractivity contribution in [1.29, 1.82) is 0 Å². The van der Waals surface area contributed by atoms with Crippen molar-refractivity contribution in [3.05, 3.63) is 34.5 Å². The predicted octanol–water partition coefficient (Wildman–Crippen LogP) is 1.13. The van der Waals surface area contributed by atoms with Crippen LogP contribution in [0, 0.1) is 0 Å². The van der Waals surface area contributed by atoms with Crippen LogP contribution in [0.3, 0.4) is 0 Å². The van der Waals surface area contributed by atoms with E-state index >= 15 is 0 Å². The number of fused-ring (bicyclic) bond motifs is 1. The average Bonchev–Trinajstić information content (AvgIpc) is 2.52. The normalized spacial score (nSPS) is 11.4. The average molecular weight is 218 g/mol. The summed E-state index contributed by atoms with van der Waals surface area (Å²) in [5.74, 6) is -0.496. The van der Waals surface area contributed by atoms with E-state index in [-0.39, 0.29) is 5.78 Å². The molecule has 2 heterocycles. The number of allylic oxidation sites excluding steroid dienone is 1. The Morgan fingerprint density at radius 2 is 2.31 bits per heavy atom. The number of rotatable bonds is 2. The number of aromatic nitrogens is 2. The van der Waals surface area contributed by atoms with Crippen LogP contribution >= 0.6 is 0 Å². The van der Waals surface area contributed by atoms with Crippen molar-refractivity contribution in [3.8, 4) is 0 Å². The lowest BCUT2D eigenvalue weighted by Gasteiger charge is -1.92. The Morgan fingerprint density at radius 1 is 1.56 bits per heavy atom. The topological polar surface area (TPSA) is 65.1 Å². The molecule has 2 aromatic rings. The molecule has 0 atom stereocenters. The van der Waals surface area contributed by atoms with E-state index < -0.39 is 5.76 Å². The van der Waals surface area contributed by atoms with Gasteiger partial charge in [-0.15, -0.1) is 0 Å². The Labute approximate surface area is 91.0 Å². The number of carbonyl (C=O) groups excluding carboxylic acids is 1. The van der Waals surface area contributed by atoms with Gasteiger partial charge in [-0.3, -0.25) is 9.36 Å². The Morgan fingerprint density at radius 3 is 3.00 bits per heavy atom. The van der Waals surface area contributed by atoms with Crippen LogP contribution in [-0.2, 0) is 11.8 Å². The number of nitrogens with zero attached hydrogens (tertiary/aromatic N) is 2. The molecule has 0 aliphatic heterocycles. The van der Waals surface area contributed by atoms with E-state index in [1.165, 1.54) is 17.6 Å². The fourth-order valence-electron chi connectivity index (χ4n) is 1.33. The Kier molecular flexibility index (Phi) is 2.44. The summed E-state index contributed by atoms with van der Waals surface area (Å²) in [5.41, 5.74) is 1.63. The molecule has 0 saturated heterocycles. The largest absolute Gasteiger partial charge is 0.420 e. The predicted molar refractivity (Wildman–Crippen MR) is 59.0 cm³/mol. The summed E-state index contributed by atoms with van der Waals surface area (Å²) in [6, 6.07) is 1.67. The molecule has 0 radical (unpaired) electrons. The fraction of sp³-hybridized carbons (Fsp3) is 0.182. The number of hydrogen-bond acceptors (Lipinski definition) is 4. The van der Waals surface area contributed by atoms with E-state index in [0.29, 0.717) is 11.2 Å². The van der Waals surface area contributed by atoms with Gasteiger partial charge in [-0.1, -0.05) is 0 Å². The third kappa shape index (κ3) is 1.79. The lowest BCUT2D eigenvalue weighted by Crippen LogP contribution is -2.08. The second-order valence-electron chi connectivity index (χ2n) is 3.46. The molecule has 0 bridgehead atoms. The lowest BCUT2D eigenvalue weighted by molar-refractivity contribution is -0.112. The van der Waals surface area contributed by atoms with E-state index in [9.17, 15) is 9.59 Å². The first kappa shape index (κ1) is 10.4. The first-order valence-corrected chi connectivity index (χ1v) is 4.72. The minimum Gasteiger partial charge on any atom is -0.406 e. The molecule has 0 saturated carbocycles. The van der Waals surface area contributed by atoms with E-state index in [4.69, 9.17) is 4.42 Å². The highest BCUT2D eigenvalue weighted by atomic mass is 16.4. The van der Waals surface area contributed by atoms with Gasteiger partial charge in [0.05, 0.1) is 0 Å². The number of oxazole rings is 1. The molecule has 5 heteroatoms. The van der Waals surface area contributed by atoms with Crippen molar-refractivity contribution in [2.75, 3.05) is 0 Å². The van der Waals surface area contributed by atoms with Crippen molar-refractivity contribution in [2.45, 2.75) is 6.92 Å². The zero-order valence-corrected chi connectivity index (χ0v) is 8.93. The number of carbonyl (C=O) groups is 1. The second-order valence-corrected chi connectivity index (χ2v) is 3.46. The molecule has 0 fully saturated rings. The third-order valence-corrected chi connectivity index (χ3v) is 2.15. The smallest absolute Gasteiger partial charge is 0.406 e. The number of hydrogen-bond donors (Lipinski definition) is 0. The van der Waals surface area contributed by atoms with E-state index in [2.05, 4.69) is 4.98 Å². The van der Waals surface area contributed by atoms with E-state index in [1.807, 2.05) is 0 Å². The summed E-state index contributed by atoms with van der Waals surface area (Å²) >= 11 is 0. The standard InChI is InChI=1S/C11H10N2O3/c1-7(14)3-4-8-5-9-10(12-6-8)13(2)11(15)16-9/h3-6H,1-2H3/b4-3+. The highest BCUT2D eigenvalue weighted by Gasteiger charge is 2.06. The number of ketones is 1. The van der Waals surface area contributed by atoms with Crippen LogP contribution in [0.25, 0.3) is 17.3 Å². The molecule has 0 spiro atoms. The third-order valence-electron chi connectivity index (χ3n) is 2.15. The molecule has 16 heavy (non-hydrogen) atoms. The fourth-order valence-corrected chi connectivity index (χ4v) is 1.33. The molecular formula is C11H10N2O3. The highest BCUT2D eigenvalue weighted by Crippen LogP contribution is 2.12. The second kappa shape index (κ2) is 3.77. The lowest BCUT2D eigenvalue weighted by atomic mass is 10.2.